The number of hydrogen-bond donors (Lipinski definition) is 2. The van der Waals surface area contributed by atoms with Crippen LogP contribution >= 0.6 is 22.9 Å². The third-order valence-corrected chi connectivity index (χ3v) is 8.46. The summed E-state index contributed by atoms with van der Waals surface area (Å²) in [7, 11) is -3.60. The molecule has 7 nitrogen and oxygen atoms in total. The highest BCUT2D eigenvalue weighted by Crippen LogP contribution is 2.23. The Morgan fingerprint density at radius 2 is 1.69 bits per heavy atom. The number of hydrogen-bond acceptors (Lipinski definition) is 6. The van der Waals surface area contributed by atoms with Gasteiger partial charge in [-0.05, 0) is 87.1 Å². The number of carbonyl (C=O) groups is 1. The predicted molar refractivity (Wildman–Crippen MR) is 138 cm³/mol. The van der Waals surface area contributed by atoms with E-state index in [1.54, 1.807) is 17.5 Å². The number of nitrogens with one attached hydrogen (secondary N) is 2. The van der Waals surface area contributed by atoms with Crippen molar-refractivity contribution >= 4 is 38.9 Å². The minimum Gasteiger partial charge on any atom is -0.486 e. The molecule has 0 unspecified atom stereocenters. The average Bonchev–Trinajstić information content (AvgIpc) is 3.28. The lowest BCUT2D eigenvalue weighted by Gasteiger charge is -2.29. The molecule has 1 amide bonds. The second kappa shape index (κ2) is 11.1. The number of benzene rings is 2. The molecule has 1 aromatic heterocycles. The first-order valence-electron chi connectivity index (χ1n) is 11.4. The summed E-state index contributed by atoms with van der Waals surface area (Å²) >= 11 is 7.24. The summed E-state index contributed by atoms with van der Waals surface area (Å²) in [4.78, 5) is 17.3. The third-order valence-electron chi connectivity index (χ3n) is 5.85. The van der Waals surface area contributed by atoms with Gasteiger partial charge in [0.05, 0.1) is 4.90 Å². The fourth-order valence-electron chi connectivity index (χ4n) is 4.16. The quantitative estimate of drug-likeness (QED) is 0.424. The molecule has 2 N–H and O–H groups in total. The van der Waals surface area contributed by atoms with E-state index < -0.39 is 10.0 Å². The number of carbonyl (C=O) groups excluding carboxylic acids is 1. The van der Waals surface area contributed by atoms with Gasteiger partial charge in [-0.15, -0.1) is 11.3 Å². The topological polar surface area (TPSA) is 97.4 Å². The molecule has 3 aromatic rings. The van der Waals surface area contributed by atoms with Crippen LogP contribution in [0.25, 0.3) is 0 Å². The highest BCUT2D eigenvalue weighted by molar-refractivity contribution is 7.89. The Morgan fingerprint density at radius 3 is 2.34 bits per heavy atom. The van der Waals surface area contributed by atoms with Crippen LogP contribution in [0, 0.1) is 13.8 Å². The van der Waals surface area contributed by atoms with Crippen LogP contribution in [0.5, 0.6) is 5.75 Å². The van der Waals surface area contributed by atoms with Gasteiger partial charge in [0.2, 0.25) is 10.0 Å². The molecule has 0 spiro atoms. The molecular formula is C25H28ClN3O4S2. The zero-order valence-electron chi connectivity index (χ0n) is 19.6. The van der Waals surface area contributed by atoms with Gasteiger partial charge in [-0.25, -0.2) is 18.1 Å². The van der Waals surface area contributed by atoms with E-state index in [-0.39, 0.29) is 22.9 Å². The van der Waals surface area contributed by atoms with Crippen molar-refractivity contribution < 1.29 is 17.9 Å². The van der Waals surface area contributed by atoms with Gasteiger partial charge in [-0.1, -0.05) is 17.7 Å². The fraction of sp³-hybridized carbons (Fsp3) is 0.360. The van der Waals surface area contributed by atoms with E-state index in [0.717, 1.165) is 21.9 Å². The SMILES string of the molecule is Cc1cc(C)cc(OCc2nc(C(=O)NC3CCC(NS(=O)(=O)c4ccc(Cl)cc4)CC3)cs2)c1. The second-order valence-electron chi connectivity index (χ2n) is 8.84. The summed E-state index contributed by atoms with van der Waals surface area (Å²) < 4.78 is 33.8. The van der Waals surface area contributed by atoms with Gasteiger partial charge in [0.1, 0.15) is 23.1 Å². The first kappa shape index (κ1) is 25.6. The van der Waals surface area contributed by atoms with E-state index in [9.17, 15) is 13.2 Å². The summed E-state index contributed by atoms with van der Waals surface area (Å²) in [5.74, 6) is 0.566. The van der Waals surface area contributed by atoms with Crippen LogP contribution in [-0.2, 0) is 16.6 Å². The molecule has 1 heterocycles. The van der Waals surface area contributed by atoms with Crippen LogP contribution in [0.3, 0.4) is 0 Å². The Morgan fingerprint density at radius 1 is 1.06 bits per heavy atom. The predicted octanol–water partition coefficient (Wildman–Crippen LogP) is 5.01. The molecule has 0 atom stereocenters. The number of nitrogens with zero attached hydrogens (tertiary/aromatic N) is 1. The van der Waals surface area contributed by atoms with E-state index in [4.69, 9.17) is 16.3 Å². The van der Waals surface area contributed by atoms with Crippen molar-refractivity contribution in [3.8, 4) is 5.75 Å². The molecule has 1 saturated carbocycles. The molecule has 2 aromatic carbocycles. The Balaban J connectivity index is 1.24. The largest absolute Gasteiger partial charge is 0.486 e. The van der Waals surface area contributed by atoms with Gasteiger partial charge < -0.3 is 10.1 Å². The molecule has 186 valence electrons. The molecular weight excluding hydrogens is 506 g/mol. The van der Waals surface area contributed by atoms with Crippen LogP contribution in [0.2, 0.25) is 5.02 Å². The Kier molecular flexibility index (Phi) is 8.11. The van der Waals surface area contributed by atoms with Crippen molar-refractivity contribution in [2.24, 2.45) is 0 Å². The minimum atomic E-state index is -3.60. The second-order valence-corrected chi connectivity index (χ2v) is 11.9. The standard InChI is InChI=1S/C25H28ClN3O4S2/c1-16-11-17(2)13-21(12-16)33-14-24-28-23(15-34-24)25(30)27-19-5-7-20(8-6-19)29-35(31,32)22-9-3-18(26)4-10-22/h3-4,9-13,15,19-20,29H,5-8,14H2,1-2H3,(H,27,30). The Bertz CT molecular complexity index is 1260. The number of aromatic nitrogens is 1. The highest BCUT2D eigenvalue weighted by Gasteiger charge is 2.27. The van der Waals surface area contributed by atoms with Gasteiger partial charge in [-0.2, -0.15) is 0 Å². The van der Waals surface area contributed by atoms with Crippen LogP contribution in [0.4, 0.5) is 0 Å². The molecule has 0 aliphatic heterocycles. The molecule has 35 heavy (non-hydrogen) atoms. The van der Waals surface area contributed by atoms with Crippen molar-refractivity contribution in [3.05, 3.63) is 74.7 Å². The van der Waals surface area contributed by atoms with Crippen molar-refractivity contribution in [1.29, 1.82) is 0 Å². The number of rotatable bonds is 8. The van der Waals surface area contributed by atoms with Crippen molar-refractivity contribution in [3.63, 3.8) is 0 Å². The van der Waals surface area contributed by atoms with E-state index in [0.29, 0.717) is 43.0 Å². The molecule has 10 heteroatoms. The van der Waals surface area contributed by atoms with Gasteiger partial charge in [-0.3, -0.25) is 4.79 Å². The lowest BCUT2D eigenvalue weighted by molar-refractivity contribution is 0.0920. The van der Waals surface area contributed by atoms with Gasteiger partial charge >= 0.3 is 0 Å². The van der Waals surface area contributed by atoms with Gasteiger partial charge in [0, 0.05) is 22.5 Å². The summed E-state index contributed by atoms with van der Waals surface area (Å²) in [6, 6.07) is 11.9. The first-order chi connectivity index (χ1) is 16.7. The van der Waals surface area contributed by atoms with Gasteiger partial charge in [0.15, 0.2) is 0 Å². The maximum Gasteiger partial charge on any atom is 0.270 e. The molecule has 0 radical (unpaired) electrons. The Labute approximate surface area is 214 Å². The maximum atomic E-state index is 12.7. The molecule has 0 bridgehead atoms. The smallest absolute Gasteiger partial charge is 0.270 e. The number of aryl methyl sites for hydroxylation is 2. The third kappa shape index (κ3) is 7.04. The number of sulfonamides is 1. The van der Waals surface area contributed by atoms with Crippen LogP contribution in [0.15, 0.2) is 52.7 Å². The first-order valence-corrected chi connectivity index (χ1v) is 14.2. The van der Waals surface area contributed by atoms with E-state index >= 15 is 0 Å². The van der Waals surface area contributed by atoms with Crippen molar-refractivity contribution in [2.45, 2.75) is 63.1 Å². The lowest BCUT2D eigenvalue weighted by Crippen LogP contribution is -2.43. The molecule has 1 fully saturated rings. The summed E-state index contributed by atoms with van der Waals surface area (Å²) in [5.41, 5.74) is 2.64. The lowest BCUT2D eigenvalue weighted by atomic mass is 9.92. The number of ether oxygens (including phenoxy) is 1. The summed E-state index contributed by atoms with van der Waals surface area (Å²) in [6.07, 6.45) is 2.66. The van der Waals surface area contributed by atoms with Crippen LogP contribution in [0.1, 0.15) is 52.3 Å². The number of amides is 1. The number of halogens is 1. The molecule has 4 rings (SSSR count). The highest BCUT2D eigenvalue weighted by atomic mass is 35.5. The minimum absolute atomic E-state index is 0.0181. The van der Waals surface area contributed by atoms with E-state index in [1.807, 2.05) is 26.0 Å². The van der Waals surface area contributed by atoms with Crippen molar-refractivity contribution in [1.82, 2.24) is 15.0 Å². The number of thiazole rings is 1. The average molecular weight is 534 g/mol. The monoisotopic (exact) mass is 533 g/mol. The van der Waals surface area contributed by atoms with Gasteiger partial charge in [0.25, 0.3) is 5.91 Å². The zero-order chi connectivity index (χ0) is 25.0. The molecule has 1 aliphatic rings. The summed E-state index contributed by atoms with van der Waals surface area (Å²) in [5, 5.41) is 5.99. The van der Waals surface area contributed by atoms with Crippen LogP contribution in [-0.4, -0.2) is 31.4 Å². The zero-order valence-corrected chi connectivity index (χ0v) is 22.0. The Hall–Kier alpha value is -2.46. The molecule has 1 aliphatic carbocycles. The van der Waals surface area contributed by atoms with Crippen molar-refractivity contribution in [2.75, 3.05) is 0 Å². The van der Waals surface area contributed by atoms with E-state index in [1.165, 1.54) is 23.5 Å². The summed E-state index contributed by atoms with van der Waals surface area (Å²) in [6.45, 7) is 4.35. The molecule has 0 saturated heterocycles. The van der Waals surface area contributed by atoms with Crippen LogP contribution < -0.4 is 14.8 Å². The normalized spacial score (nSPS) is 18.3. The van der Waals surface area contributed by atoms with E-state index in [2.05, 4.69) is 21.1 Å². The fourth-order valence-corrected chi connectivity index (χ4v) is 6.28. The maximum absolute atomic E-state index is 12.7.